The third-order valence-electron chi connectivity index (χ3n) is 7.02. The van der Waals surface area contributed by atoms with Gasteiger partial charge in [0.1, 0.15) is 6.04 Å². The highest BCUT2D eigenvalue weighted by atomic mass is 16.2. The molecule has 0 radical (unpaired) electrons. The SMILES string of the molecule is CNC(=O)c1cccc([C@H](C)N2C(=O)[C@H]3C[C@@H]2CN3C[C@H](N)C(=O)N2CCC[C@H]2C#N)c1. The van der Waals surface area contributed by atoms with Crippen molar-refractivity contribution in [1.82, 2.24) is 20.0 Å². The molecule has 3 aliphatic rings. The zero-order valence-corrected chi connectivity index (χ0v) is 18.5. The van der Waals surface area contributed by atoms with Crippen LogP contribution in [0.15, 0.2) is 24.3 Å². The Labute approximate surface area is 188 Å². The van der Waals surface area contributed by atoms with E-state index in [4.69, 9.17) is 5.73 Å². The number of nitriles is 1. The molecule has 9 heteroatoms. The van der Waals surface area contributed by atoms with Crippen LogP contribution in [0.4, 0.5) is 0 Å². The molecule has 0 spiro atoms. The van der Waals surface area contributed by atoms with Crippen LogP contribution in [0.5, 0.6) is 0 Å². The van der Waals surface area contributed by atoms with Gasteiger partial charge in [-0.15, -0.1) is 0 Å². The minimum Gasteiger partial charge on any atom is -0.355 e. The van der Waals surface area contributed by atoms with Gasteiger partial charge in [-0.3, -0.25) is 19.3 Å². The van der Waals surface area contributed by atoms with E-state index >= 15 is 0 Å². The molecule has 0 saturated carbocycles. The van der Waals surface area contributed by atoms with Crippen LogP contribution < -0.4 is 11.1 Å². The standard InChI is InChI=1S/C23H30N6O3/c1-14(15-5-3-6-16(9-15)21(30)26-2)29-18-10-20(23(29)32)27(12-18)13-19(25)22(31)28-8-4-7-17(28)11-24/h3,5-6,9,14,17-20H,4,7-8,10,12-13,25H2,1-2H3,(H,26,30)/t14-,17-,18+,19-,20+/m0/s1. The van der Waals surface area contributed by atoms with Gasteiger partial charge in [0.2, 0.25) is 11.8 Å². The van der Waals surface area contributed by atoms with Gasteiger partial charge in [0.15, 0.2) is 0 Å². The first kappa shape index (κ1) is 22.2. The van der Waals surface area contributed by atoms with Crippen LogP contribution in [0, 0.1) is 11.3 Å². The summed E-state index contributed by atoms with van der Waals surface area (Å²) in [6.45, 7) is 3.53. The monoisotopic (exact) mass is 438 g/mol. The molecule has 3 heterocycles. The molecule has 3 saturated heterocycles. The quantitative estimate of drug-likeness (QED) is 0.656. The zero-order valence-electron chi connectivity index (χ0n) is 18.5. The topological polar surface area (TPSA) is 123 Å². The molecule has 1 aromatic rings. The Hall–Kier alpha value is -2.96. The Bertz CT molecular complexity index is 959. The number of piperazine rings is 1. The van der Waals surface area contributed by atoms with E-state index in [2.05, 4.69) is 11.4 Å². The summed E-state index contributed by atoms with van der Waals surface area (Å²) >= 11 is 0. The van der Waals surface area contributed by atoms with Crippen LogP contribution in [0.1, 0.15) is 48.1 Å². The van der Waals surface area contributed by atoms with E-state index in [1.54, 1.807) is 18.0 Å². The Morgan fingerprint density at radius 3 is 2.84 bits per heavy atom. The molecule has 32 heavy (non-hydrogen) atoms. The number of amides is 3. The molecule has 9 nitrogen and oxygen atoms in total. The van der Waals surface area contributed by atoms with Gasteiger partial charge in [-0.1, -0.05) is 12.1 Å². The molecule has 4 rings (SSSR count). The second-order valence-electron chi connectivity index (χ2n) is 8.91. The molecular formula is C23H30N6O3. The molecule has 3 N–H and O–H groups in total. The Kier molecular flexibility index (Phi) is 6.17. The first-order valence-corrected chi connectivity index (χ1v) is 11.2. The number of hydrogen-bond acceptors (Lipinski definition) is 6. The van der Waals surface area contributed by atoms with E-state index in [1.165, 1.54) is 0 Å². The van der Waals surface area contributed by atoms with Crippen molar-refractivity contribution < 1.29 is 14.4 Å². The number of likely N-dealkylation sites (tertiary alicyclic amines) is 3. The smallest absolute Gasteiger partial charge is 0.251 e. The highest BCUT2D eigenvalue weighted by Crippen LogP contribution is 2.38. The van der Waals surface area contributed by atoms with Crippen LogP contribution in [-0.2, 0) is 9.59 Å². The van der Waals surface area contributed by atoms with Gasteiger partial charge in [0.25, 0.3) is 5.91 Å². The molecule has 3 fully saturated rings. The second kappa shape index (κ2) is 8.88. The maximum Gasteiger partial charge on any atom is 0.251 e. The van der Waals surface area contributed by atoms with Crippen LogP contribution in [0.2, 0.25) is 0 Å². The highest BCUT2D eigenvalue weighted by Gasteiger charge is 2.51. The van der Waals surface area contributed by atoms with Gasteiger partial charge in [0.05, 0.1) is 24.2 Å². The maximum atomic E-state index is 13.2. The predicted molar refractivity (Wildman–Crippen MR) is 117 cm³/mol. The van der Waals surface area contributed by atoms with E-state index in [-0.39, 0.29) is 35.8 Å². The summed E-state index contributed by atoms with van der Waals surface area (Å²) < 4.78 is 0. The molecule has 3 aliphatic heterocycles. The summed E-state index contributed by atoms with van der Waals surface area (Å²) in [4.78, 5) is 43.4. The van der Waals surface area contributed by atoms with Gasteiger partial charge < -0.3 is 20.9 Å². The van der Waals surface area contributed by atoms with Crippen molar-refractivity contribution in [3.63, 3.8) is 0 Å². The molecule has 2 bridgehead atoms. The minimum atomic E-state index is -0.744. The summed E-state index contributed by atoms with van der Waals surface area (Å²) in [5.41, 5.74) is 7.70. The van der Waals surface area contributed by atoms with Gasteiger partial charge in [-0.25, -0.2) is 0 Å². The number of carbonyl (C=O) groups is 3. The van der Waals surface area contributed by atoms with Crippen molar-refractivity contribution in [1.29, 1.82) is 5.26 Å². The Balaban J connectivity index is 1.41. The lowest BCUT2D eigenvalue weighted by Crippen LogP contribution is -2.56. The molecule has 170 valence electrons. The molecular weight excluding hydrogens is 408 g/mol. The average Bonchev–Trinajstić information content (AvgIpc) is 3.52. The van der Waals surface area contributed by atoms with Gasteiger partial charge in [-0.2, -0.15) is 5.26 Å². The van der Waals surface area contributed by atoms with E-state index < -0.39 is 12.1 Å². The fourth-order valence-corrected chi connectivity index (χ4v) is 5.35. The number of benzene rings is 1. The lowest BCUT2D eigenvalue weighted by Gasteiger charge is -2.38. The van der Waals surface area contributed by atoms with Crippen molar-refractivity contribution in [3.05, 3.63) is 35.4 Å². The highest BCUT2D eigenvalue weighted by molar-refractivity contribution is 5.94. The summed E-state index contributed by atoms with van der Waals surface area (Å²) in [5, 5.41) is 11.9. The van der Waals surface area contributed by atoms with Crippen LogP contribution in [-0.4, -0.2) is 83.3 Å². The van der Waals surface area contributed by atoms with E-state index in [0.29, 0.717) is 38.0 Å². The van der Waals surface area contributed by atoms with Crippen molar-refractivity contribution in [2.75, 3.05) is 26.7 Å². The lowest BCUT2D eigenvalue weighted by molar-refractivity contribution is -0.140. The number of nitrogens with one attached hydrogen (secondary N) is 1. The zero-order chi connectivity index (χ0) is 23.0. The minimum absolute atomic E-state index is 0.0369. The summed E-state index contributed by atoms with van der Waals surface area (Å²) in [5.74, 6) is -0.329. The maximum absolute atomic E-state index is 13.2. The lowest BCUT2D eigenvalue weighted by atomic mass is 10.0. The van der Waals surface area contributed by atoms with Crippen molar-refractivity contribution >= 4 is 17.7 Å². The number of nitrogens with two attached hydrogens (primary N) is 1. The van der Waals surface area contributed by atoms with Crippen molar-refractivity contribution in [3.8, 4) is 6.07 Å². The van der Waals surface area contributed by atoms with Crippen LogP contribution >= 0.6 is 0 Å². The molecule has 0 aromatic heterocycles. The third kappa shape index (κ3) is 3.85. The fourth-order valence-electron chi connectivity index (χ4n) is 5.35. The Morgan fingerprint density at radius 1 is 1.38 bits per heavy atom. The largest absolute Gasteiger partial charge is 0.355 e. The summed E-state index contributed by atoms with van der Waals surface area (Å²) in [6.07, 6.45) is 2.22. The van der Waals surface area contributed by atoms with Gasteiger partial charge in [0, 0.05) is 38.3 Å². The summed E-state index contributed by atoms with van der Waals surface area (Å²) in [6, 6.07) is 8.00. The third-order valence-corrected chi connectivity index (χ3v) is 7.02. The fraction of sp³-hybridized carbons (Fsp3) is 0.565. The van der Waals surface area contributed by atoms with Crippen LogP contribution in [0.3, 0.4) is 0 Å². The first-order valence-electron chi connectivity index (χ1n) is 11.2. The van der Waals surface area contributed by atoms with E-state index in [0.717, 1.165) is 12.0 Å². The predicted octanol–water partition coefficient (Wildman–Crippen LogP) is 0.234. The van der Waals surface area contributed by atoms with Gasteiger partial charge in [-0.05, 0) is 43.9 Å². The summed E-state index contributed by atoms with van der Waals surface area (Å²) in [7, 11) is 1.59. The van der Waals surface area contributed by atoms with E-state index in [9.17, 15) is 19.6 Å². The normalized spacial score (nSPS) is 26.8. The molecule has 1 aromatic carbocycles. The number of hydrogen-bond donors (Lipinski definition) is 2. The molecule has 5 atom stereocenters. The molecule has 3 amide bonds. The number of fused-ring (bicyclic) bond motifs is 2. The van der Waals surface area contributed by atoms with Crippen LogP contribution in [0.25, 0.3) is 0 Å². The number of nitrogens with zero attached hydrogens (tertiary/aromatic N) is 4. The second-order valence-corrected chi connectivity index (χ2v) is 8.91. The van der Waals surface area contributed by atoms with E-state index in [1.807, 2.05) is 34.9 Å². The Morgan fingerprint density at radius 2 is 2.16 bits per heavy atom. The number of rotatable bonds is 6. The molecule has 0 aliphatic carbocycles. The first-order chi connectivity index (χ1) is 15.3. The molecule has 0 unspecified atom stereocenters. The van der Waals surface area contributed by atoms with Crippen molar-refractivity contribution in [2.24, 2.45) is 5.73 Å². The average molecular weight is 439 g/mol. The van der Waals surface area contributed by atoms with Crippen molar-refractivity contribution in [2.45, 2.75) is 56.4 Å². The van der Waals surface area contributed by atoms with Gasteiger partial charge >= 0.3 is 0 Å². The number of carbonyl (C=O) groups excluding carboxylic acids is 3.